The molecule has 144 valence electrons. The molecule has 2 aliphatic rings. The van der Waals surface area contributed by atoms with Crippen LogP contribution in [-0.4, -0.2) is 26.9 Å². The van der Waals surface area contributed by atoms with Crippen molar-refractivity contribution in [3.63, 3.8) is 0 Å². The van der Waals surface area contributed by atoms with Crippen LogP contribution in [0.5, 0.6) is 5.75 Å². The van der Waals surface area contributed by atoms with Crippen molar-refractivity contribution in [3.05, 3.63) is 62.7 Å². The summed E-state index contributed by atoms with van der Waals surface area (Å²) in [5.41, 5.74) is 0.128. The minimum absolute atomic E-state index is 0.0143. The summed E-state index contributed by atoms with van der Waals surface area (Å²) in [6.07, 6.45) is 3.49. The van der Waals surface area contributed by atoms with Crippen LogP contribution in [0.1, 0.15) is 24.4 Å². The Labute approximate surface area is 169 Å². The van der Waals surface area contributed by atoms with Gasteiger partial charge in [-0.2, -0.15) is 0 Å². The van der Waals surface area contributed by atoms with Gasteiger partial charge in [-0.25, -0.2) is 0 Å². The zero-order valence-corrected chi connectivity index (χ0v) is 16.0. The Morgan fingerprint density at radius 3 is 2.89 bits per heavy atom. The second-order valence-electron chi connectivity index (χ2n) is 6.36. The highest BCUT2D eigenvalue weighted by Crippen LogP contribution is 2.32. The summed E-state index contributed by atoms with van der Waals surface area (Å²) in [6, 6.07) is 7.70. The first-order chi connectivity index (χ1) is 13.4. The first-order valence-electron chi connectivity index (χ1n) is 8.44. The van der Waals surface area contributed by atoms with Crippen LogP contribution in [-0.2, 0) is 11.4 Å². The molecule has 10 heteroatoms. The molecule has 1 aromatic carbocycles. The van der Waals surface area contributed by atoms with Crippen LogP contribution < -0.4 is 10.1 Å². The van der Waals surface area contributed by atoms with Crippen LogP contribution in [0, 0.1) is 10.1 Å². The van der Waals surface area contributed by atoms with Gasteiger partial charge < -0.3 is 14.5 Å². The fourth-order valence-electron chi connectivity index (χ4n) is 2.81. The van der Waals surface area contributed by atoms with Crippen LogP contribution in [0.2, 0.25) is 5.02 Å². The Morgan fingerprint density at radius 1 is 1.39 bits per heavy atom. The van der Waals surface area contributed by atoms with E-state index in [4.69, 9.17) is 33.0 Å². The van der Waals surface area contributed by atoms with E-state index in [1.165, 1.54) is 18.2 Å². The Bertz CT molecular complexity index is 1010. The molecular formula is C18H14ClN3O5S. The number of ether oxygens (including phenoxy) is 1. The second kappa shape index (κ2) is 7.25. The van der Waals surface area contributed by atoms with Gasteiger partial charge in [0, 0.05) is 23.2 Å². The number of hydrogen-bond acceptors (Lipinski definition) is 6. The summed E-state index contributed by atoms with van der Waals surface area (Å²) >= 11 is 11.0. The van der Waals surface area contributed by atoms with Gasteiger partial charge in [-0.3, -0.25) is 19.8 Å². The minimum Gasteiger partial charge on any atom is -0.479 e. The number of hydrogen-bond donors (Lipinski definition) is 1. The highest BCUT2D eigenvalue weighted by Gasteiger charge is 2.41. The van der Waals surface area contributed by atoms with Crippen molar-refractivity contribution in [2.45, 2.75) is 25.5 Å². The maximum absolute atomic E-state index is 12.4. The molecule has 0 bridgehead atoms. The highest BCUT2D eigenvalue weighted by molar-refractivity contribution is 7.80. The van der Waals surface area contributed by atoms with Gasteiger partial charge in [0.15, 0.2) is 10.9 Å². The number of nitrogens with one attached hydrogen (secondary N) is 1. The lowest BCUT2D eigenvalue weighted by Crippen LogP contribution is -2.32. The number of nitrogens with zero attached hydrogens (tertiary/aromatic N) is 2. The van der Waals surface area contributed by atoms with Crippen molar-refractivity contribution in [1.29, 1.82) is 0 Å². The fraction of sp³-hybridized carbons (Fsp3) is 0.222. The molecule has 2 aromatic rings. The van der Waals surface area contributed by atoms with Crippen molar-refractivity contribution < 1.29 is 18.9 Å². The molecular weight excluding hydrogens is 406 g/mol. The lowest BCUT2D eigenvalue weighted by molar-refractivity contribution is -0.385. The van der Waals surface area contributed by atoms with Gasteiger partial charge in [0.05, 0.1) is 4.92 Å². The molecule has 1 saturated heterocycles. The van der Waals surface area contributed by atoms with E-state index >= 15 is 0 Å². The normalized spacial score (nSPS) is 17.9. The third kappa shape index (κ3) is 3.71. The van der Waals surface area contributed by atoms with E-state index < -0.39 is 4.92 Å². The van der Waals surface area contributed by atoms with E-state index in [0.717, 1.165) is 12.8 Å². The summed E-state index contributed by atoms with van der Waals surface area (Å²) < 4.78 is 11.1. The van der Waals surface area contributed by atoms with Crippen LogP contribution in [0.4, 0.5) is 5.69 Å². The molecule has 1 N–H and O–H groups in total. The van der Waals surface area contributed by atoms with Crippen LogP contribution in [0.15, 0.2) is 40.4 Å². The van der Waals surface area contributed by atoms with E-state index in [9.17, 15) is 14.9 Å². The average Bonchev–Trinajstić information content (AvgIpc) is 3.31. The molecule has 1 amide bonds. The van der Waals surface area contributed by atoms with E-state index in [1.807, 2.05) is 0 Å². The predicted octanol–water partition coefficient (Wildman–Crippen LogP) is 3.64. The summed E-state index contributed by atoms with van der Waals surface area (Å²) in [5.74, 6) is 0.811. The van der Waals surface area contributed by atoms with E-state index in [1.54, 1.807) is 23.1 Å². The van der Waals surface area contributed by atoms with Crippen LogP contribution in [0.3, 0.4) is 0 Å². The van der Waals surface area contributed by atoms with Gasteiger partial charge in [0.1, 0.15) is 23.8 Å². The van der Waals surface area contributed by atoms with Gasteiger partial charge in [-0.15, -0.1) is 0 Å². The second-order valence-corrected chi connectivity index (χ2v) is 7.18. The number of carbonyl (C=O) groups excluding carboxylic acids is 1. The predicted molar refractivity (Wildman–Crippen MR) is 105 cm³/mol. The van der Waals surface area contributed by atoms with Gasteiger partial charge >= 0.3 is 5.69 Å². The Kier molecular flexibility index (Phi) is 4.78. The third-order valence-electron chi connectivity index (χ3n) is 4.28. The summed E-state index contributed by atoms with van der Waals surface area (Å²) in [7, 11) is 0. The number of rotatable bonds is 6. The van der Waals surface area contributed by atoms with Gasteiger partial charge in [-0.1, -0.05) is 11.6 Å². The molecule has 28 heavy (non-hydrogen) atoms. The van der Waals surface area contributed by atoms with Crippen molar-refractivity contribution in [1.82, 2.24) is 10.2 Å². The molecule has 1 saturated carbocycles. The smallest absolute Gasteiger partial charge is 0.312 e. The first-order valence-corrected chi connectivity index (χ1v) is 9.22. The zero-order chi connectivity index (χ0) is 19.8. The topological polar surface area (TPSA) is 97.8 Å². The van der Waals surface area contributed by atoms with Crippen LogP contribution in [0.25, 0.3) is 6.08 Å². The number of thiocarbonyl (C=S) groups is 1. The number of nitro benzene ring substituents is 1. The van der Waals surface area contributed by atoms with Crippen LogP contribution >= 0.6 is 23.8 Å². The lowest BCUT2D eigenvalue weighted by atomic mass is 10.3. The lowest BCUT2D eigenvalue weighted by Gasteiger charge is -2.11. The molecule has 1 aliphatic carbocycles. The maximum Gasteiger partial charge on any atom is 0.312 e. The van der Waals surface area contributed by atoms with Crippen molar-refractivity contribution in [2.24, 2.45) is 0 Å². The first kappa shape index (κ1) is 18.5. The van der Waals surface area contributed by atoms with Crippen molar-refractivity contribution in [2.75, 3.05) is 0 Å². The number of benzene rings is 1. The maximum atomic E-state index is 12.4. The zero-order valence-electron chi connectivity index (χ0n) is 14.4. The molecule has 8 nitrogen and oxygen atoms in total. The quantitative estimate of drug-likeness (QED) is 0.330. The third-order valence-corrected chi connectivity index (χ3v) is 4.81. The molecule has 0 radical (unpaired) electrons. The average molecular weight is 420 g/mol. The fourth-order valence-corrected chi connectivity index (χ4v) is 3.32. The van der Waals surface area contributed by atoms with E-state index in [2.05, 4.69) is 5.32 Å². The number of carbonyl (C=O) groups is 1. The Morgan fingerprint density at radius 2 is 2.18 bits per heavy atom. The molecule has 0 unspecified atom stereocenters. The molecule has 2 heterocycles. The minimum atomic E-state index is -0.564. The highest BCUT2D eigenvalue weighted by atomic mass is 35.5. The molecule has 1 aliphatic heterocycles. The summed E-state index contributed by atoms with van der Waals surface area (Å²) in [5, 5.41) is 14.7. The van der Waals surface area contributed by atoms with Gasteiger partial charge in [0.2, 0.25) is 0 Å². The molecule has 0 atom stereocenters. The molecule has 0 spiro atoms. The number of amides is 1. The Hall–Kier alpha value is -2.91. The largest absolute Gasteiger partial charge is 0.479 e. The SMILES string of the molecule is O=C1/C(=C\c2ccc(COc3ccc(Cl)cc3[N+](=O)[O-])o2)NC(=S)N1C1CC1. The van der Waals surface area contributed by atoms with Gasteiger partial charge in [0.25, 0.3) is 5.91 Å². The molecule has 2 fully saturated rings. The standard InChI is InChI=1S/C18H14ClN3O5S/c19-10-1-6-16(15(7-10)22(24)25)26-9-13-5-4-12(27-13)8-14-17(23)21(11-2-3-11)18(28)20-14/h1,4-8,11H,2-3,9H2,(H,20,28)/b14-8+. The number of furan rings is 1. The summed E-state index contributed by atoms with van der Waals surface area (Å²) in [4.78, 5) is 24.5. The number of halogens is 1. The molecule has 4 rings (SSSR count). The summed E-state index contributed by atoms with van der Waals surface area (Å²) in [6.45, 7) is -0.0143. The Balaban J connectivity index is 1.45. The van der Waals surface area contributed by atoms with E-state index in [-0.39, 0.29) is 35.0 Å². The van der Waals surface area contributed by atoms with Crippen molar-refractivity contribution in [3.8, 4) is 5.75 Å². The van der Waals surface area contributed by atoms with Gasteiger partial charge in [-0.05, 0) is 49.3 Å². The monoisotopic (exact) mass is 419 g/mol. The van der Waals surface area contributed by atoms with E-state index in [0.29, 0.717) is 22.3 Å². The van der Waals surface area contributed by atoms with Crippen molar-refractivity contribution >= 4 is 46.6 Å². The number of nitro groups is 1. The molecule has 1 aromatic heterocycles.